The summed E-state index contributed by atoms with van der Waals surface area (Å²) in [6.07, 6.45) is 3.14. The van der Waals surface area contributed by atoms with Crippen LogP contribution in [0.15, 0.2) is 60.4 Å². The van der Waals surface area contributed by atoms with Crippen molar-refractivity contribution >= 4 is 23.6 Å². The van der Waals surface area contributed by atoms with Crippen LogP contribution in [0.4, 0.5) is 16.3 Å². The normalized spacial score (nSPS) is 15.4. The molecule has 1 aromatic carbocycles. The zero-order valence-electron chi connectivity index (χ0n) is 24.0. The molecule has 3 rings (SSSR count). The number of carbonyl (C=O) groups is 2. The molecule has 1 aliphatic rings. The number of aromatic nitrogens is 1. The van der Waals surface area contributed by atoms with Crippen LogP contribution in [-0.2, 0) is 14.3 Å². The maximum atomic E-state index is 13.5. The van der Waals surface area contributed by atoms with E-state index in [0.717, 1.165) is 16.9 Å². The highest BCUT2D eigenvalue weighted by atomic mass is 16.6. The van der Waals surface area contributed by atoms with Crippen molar-refractivity contribution in [3.63, 3.8) is 0 Å². The molecule has 2 aromatic rings. The molecule has 0 spiro atoms. The van der Waals surface area contributed by atoms with Crippen LogP contribution in [0.25, 0.3) is 0 Å². The Morgan fingerprint density at radius 1 is 1.00 bits per heavy atom. The third kappa shape index (κ3) is 8.07. The molecule has 7 nitrogen and oxygen atoms in total. The summed E-state index contributed by atoms with van der Waals surface area (Å²) in [4.78, 5) is 34.6. The Morgan fingerprint density at radius 3 is 2.08 bits per heavy atom. The summed E-state index contributed by atoms with van der Waals surface area (Å²) in [6, 6.07) is 12.6. The minimum atomic E-state index is -0.947. The van der Waals surface area contributed by atoms with Crippen molar-refractivity contribution in [1.82, 2.24) is 9.88 Å². The highest BCUT2D eigenvalue weighted by Gasteiger charge is 2.47. The minimum Gasteiger partial charge on any atom is -0.467 e. The molecule has 1 aromatic heterocycles. The van der Waals surface area contributed by atoms with E-state index in [2.05, 4.69) is 25.8 Å². The van der Waals surface area contributed by atoms with Gasteiger partial charge in [0.05, 0.1) is 13.7 Å². The molecule has 0 N–H and O–H groups in total. The SMILES string of the molecule is CC.COC(=O)C(CN(c1ccc(C)cc1)c1ccccn1)N(C(=O)OC(C)(C)C)C1=CC1C(C)(C)C. The number of aryl methyl sites for hydroxylation is 1. The van der Waals surface area contributed by atoms with Gasteiger partial charge in [0.1, 0.15) is 11.4 Å². The van der Waals surface area contributed by atoms with Crippen LogP contribution in [0.3, 0.4) is 0 Å². The van der Waals surface area contributed by atoms with Gasteiger partial charge >= 0.3 is 12.1 Å². The maximum Gasteiger partial charge on any atom is 0.415 e. The van der Waals surface area contributed by atoms with Crippen LogP contribution >= 0.6 is 0 Å². The molecule has 7 heteroatoms. The van der Waals surface area contributed by atoms with Gasteiger partial charge in [0.25, 0.3) is 0 Å². The minimum absolute atomic E-state index is 0.0462. The number of carbonyl (C=O) groups excluding carboxylic acids is 2. The Kier molecular flexibility index (Phi) is 9.90. The number of allylic oxidation sites excluding steroid dienone is 2. The summed E-state index contributed by atoms with van der Waals surface area (Å²) in [7, 11) is 1.34. The lowest BCUT2D eigenvalue weighted by molar-refractivity contribution is -0.145. The lowest BCUT2D eigenvalue weighted by Gasteiger charge is -2.35. The lowest BCUT2D eigenvalue weighted by Crippen LogP contribution is -2.51. The van der Waals surface area contributed by atoms with E-state index in [4.69, 9.17) is 9.47 Å². The molecule has 1 amide bonds. The van der Waals surface area contributed by atoms with E-state index in [1.54, 1.807) is 6.20 Å². The first kappa shape index (κ1) is 29.9. The molecular formula is C30H43N3O4. The van der Waals surface area contributed by atoms with Crippen LogP contribution in [0.5, 0.6) is 0 Å². The quantitative estimate of drug-likeness (QED) is 0.378. The van der Waals surface area contributed by atoms with Crippen LogP contribution < -0.4 is 4.90 Å². The summed E-state index contributed by atoms with van der Waals surface area (Å²) in [5.74, 6) is 0.181. The van der Waals surface area contributed by atoms with Crippen LogP contribution in [0.1, 0.15) is 61.0 Å². The number of hydrogen-bond donors (Lipinski definition) is 0. The number of pyridine rings is 1. The molecule has 0 fully saturated rings. The summed E-state index contributed by atoms with van der Waals surface area (Å²) in [6.45, 7) is 17.9. The first-order valence-electron chi connectivity index (χ1n) is 12.9. The van der Waals surface area contributed by atoms with Crippen LogP contribution in [0.2, 0.25) is 0 Å². The molecule has 0 saturated carbocycles. The number of ether oxygens (including phenoxy) is 2. The van der Waals surface area contributed by atoms with E-state index in [9.17, 15) is 9.59 Å². The van der Waals surface area contributed by atoms with E-state index < -0.39 is 23.7 Å². The Morgan fingerprint density at radius 2 is 1.62 bits per heavy atom. The third-order valence-corrected chi connectivity index (χ3v) is 5.76. The molecule has 0 aliphatic heterocycles. The highest BCUT2D eigenvalue weighted by Crippen LogP contribution is 2.47. The molecule has 2 atom stereocenters. The summed E-state index contributed by atoms with van der Waals surface area (Å²) >= 11 is 0. The van der Waals surface area contributed by atoms with Gasteiger partial charge in [0.2, 0.25) is 0 Å². The molecule has 37 heavy (non-hydrogen) atoms. The van der Waals surface area contributed by atoms with Gasteiger partial charge in [-0.25, -0.2) is 14.6 Å². The Labute approximate surface area is 222 Å². The first-order valence-corrected chi connectivity index (χ1v) is 12.9. The zero-order chi connectivity index (χ0) is 28.0. The van der Waals surface area contributed by atoms with Gasteiger partial charge in [-0.3, -0.25) is 4.90 Å². The van der Waals surface area contributed by atoms with Gasteiger partial charge < -0.3 is 14.4 Å². The van der Waals surface area contributed by atoms with E-state index in [0.29, 0.717) is 5.82 Å². The van der Waals surface area contributed by atoms with Crippen molar-refractivity contribution in [3.05, 3.63) is 66.0 Å². The van der Waals surface area contributed by atoms with Crippen molar-refractivity contribution in [2.45, 2.75) is 74.0 Å². The van der Waals surface area contributed by atoms with E-state index in [-0.39, 0.29) is 17.9 Å². The summed E-state index contributed by atoms with van der Waals surface area (Å²) in [5.41, 5.74) is 1.91. The van der Waals surface area contributed by atoms with Gasteiger partial charge in [0, 0.05) is 23.5 Å². The second-order valence-electron chi connectivity index (χ2n) is 11.0. The maximum absolute atomic E-state index is 13.5. The number of anilines is 2. The standard InChI is InChI=1S/C28H37N3O4.C2H6/c1-19-12-14-20(15-13-19)30(24-11-9-10-16-29-24)18-23(25(32)34-8)31(26(33)35-28(5,6)7)22-17-21(22)27(2,3)4;1-2/h9-17,21,23H,18H2,1-8H3;1-2H3. The Balaban J connectivity index is 0.00000235. The number of esters is 1. The molecule has 0 bridgehead atoms. The van der Waals surface area contributed by atoms with Gasteiger partial charge in [0.15, 0.2) is 6.04 Å². The molecule has 2 unspecified atom stereocenters. The topological polar surface area (TPSA) is 72.0 Å². The fourth-order valence-electron chi connectivity index (χ4n) is 3.91. The third-order valence-electron chi connectivity index (χ3n) is 5.76. The van der Waals surface area contributed by atoms with Crippen molar-refractivity contribution in [2.75, 3.05) is 18.6 Å². The Bertz CT molecular complexity index is 1060. The fourth-order valence-corrected chi connectivity index (χ4v) is 3.91. The van der Waals surface area contributed by atoms with E-state index in [1.807, 2.05) is 95.0 Å². The smallest absolute Gasteiger partial charge is 0.415 e. The van der Waals surface area contributed by atoms with E-state index in [1.165, 1.54) is 12.0 Å². The number of nitrogens with zero attached hydrogens (tertiary/aromatic N) is 3. The second kappa shape index (κ2) is 12.3. The second-order valence-corrected chi connectivity index (χ2v) is 11.0. The van der Waals surface area contributed by atoms with Crippen molar-refractivity contribution in [3.8, 4) is 0 Å². The largest absolute Gasteiger partial charge is 0.467 e. The number of benzene rings is 1. The molecule has 0 radical (unpaired) electrons. The number of methoxy groups -OCH3 is 1. The van der Waals surface area contributed by atoms with Crippen LogP contribution in [0, 0.1) is 18.3 Å². The first-order chi connectivity index (χ1) is 17.3. The number of rotatable bonds is 7. The monoisotopic (exact) mass is 509 g/mol. The average molecular weight is 510 g/mol. The number of hydrogen-bond acceptors (Lipinski definition) is 6. The summed E-state index contributed by atoms with van der Waals surface area (Å²) in [5, 5.41) is 0. The summed E-state index contributed by atoms with van der Waals surface area (Å²) < 4.78 is 11.0. The molecule has 1 heterocycles. The zero-order valence-corrected chi connectivity index (χ0v) is 24.0. The van der Waals surface area contributed by atoms with Crippen LogP contribution in [-0.4, -0.2) is 47.2 Å². The van der Waals surface area contributed by atoms with Gasteiger partial charge in [-0.1, -0.05) is 64.5 Å². The van der Waals surface area contributed by atoms with Gasteiger partial charge in [-0.15, -0.1) is 0 Å². The number of amides is 1. The Hall–Kier alpha value is -3.35. The van der Waals surface area contributed by atoms with Crippen molar-refractivity contribution in [1.29, 1.82) is 0 Å². The predicted octanol–water partition coefficient (Wildman–Crippen LogP) is 6.89. The van der Waals surface area contributed by atoms with E-state index >= 15 is 0 Å². The molecule has 0 saturated heterocycles. The fraction of sp³-hybridized carbons (Fsp3) is 0.500. The lowest BCUT2D eigenvalue weighted by atomic mass is 9.88. The van der Waals surface area contributed by atoms with Crippen molar-refractivity contribution < 1.29 is 19.1 Å². The van der Waals surface area contributed by atoms with Gasteiger partial charge in [-0.2, -0.15) is 0 Å². The highest BCUT2D eigenvalue weighted by molar-refractivity contribution is 5.85. The predicted molar refractivity (Wildman–Crippen MR) is 149 cm³/mol. The van der Waals surface area contributed by atoms with Gasteiger partial charge in [-0.05, 0) is 57.4 Å². The molecule has 202 valence electrons. The van der Waals surface area contributed by atoms with Crippen molar-refractivity contribution in [2.24, 2.45) is 11.3 Å². The average Bonchev–Trinajstić information content (AvgIpc) is 3.63. The molecule has 1 aliphatic carbocycles. The molecular weight excluding hydrogens is 466 g/mol.